The van der Waals surface area contributed by atoms with E-state index in [-0.39, 0.29) is 18.5 Å². The number of rotatable bonds is 7. The van der Waals surface area contributed by atoms with E-state index in [2.05, 4.69) is 6.07 Å². The Bertz CT molecular complexity index is 1350. The molecule has 3 heterocycles. The minimum Gasteiger partial charge on any atom is -0.456 e. The van der Waals surface area contributed by atoms with Gasteiger partial charge in [-0.1, -0.05) is 18.2 Å². The SMILES string of the molecule is N#CCCn1cc(C(=O)COC(=O)C2CCCN2C(=O)c2ccc3c(c2)OCO3)c2ccccc21. The van der Waals surface area contributed by atoms with Gasteiger partial charge in [0.25, 0.3) is 5.91 Å². The Hall–Kier alpha value is -4.32. The summed E-state index contributed by atoms with van der Waals surface area (Å²) in [7, 11) is 0. The van der Waals surface area contributed by atoms with Gasteiger partial charge in [0.05, 0.1) is 12.5 Å². The molecule has 1 atom stereocenters. The van der Waals surface area contributed by atoms with E-state index in [1.54, 1.807) is 24.4 Å². The predicted molar refractivity (Wildman–Crippen MR) is 124 cm³/mol. The zero-order chi connectivity index (χ0) is 24.4. The van der Waals surface area contributed by atoms with Crippen LogP contribution in [0.4, 0.5) is 0 Å². The monoisotopic (exact) mass is 473 g/mol. The predicted octanol–water partition coefficient (Wildman–Crippen LogP) is 3.31. The van der Waals surface area contributed by atoms with E-state index >= 15 is 0 Å². The number of esters is 1. The van der Waals surface area contributed by atoms with Crippen molar-refractivity contribution in [2.24, 2.45) is 0 Å². The fourth-order valence-electron chi connectivity index (χ4n) is 4.59. The molecule has 0 aliphatic carbocycles. The number of benzene rings is 2. The van der Waals surface area contributed by atoms with Crippen molar-refractivity contribution in [3.8, 4) is 17.6 Å². The number of carbonyl (C=O) groups excluding carboxylic acids is 3. The number of fused-ring (bicyclic) bond motifs is 2. The molecule has 2 aliphatic rings. The molecule has 9 nitrogen and oxygen atoms in total. The first-order valence-corrected chi connectivity index (χ1v) is 11.4. The molecule has 1 unspecified atom stereocenters. The van der Waals surface area contributed by atoms with Crippen molar-refractivity contribution >= 4 is 28.6 Å². The lowest BCUT2D eigenvalue weighted by molar-refractivity contribution is -0.147. The molecule has 1 aromatic heterocycles. The van der Waals surface area contributed by atoms with Crippen molar-refractivity contribution in [2.45, 2.75) is 31.8 Å². The topological polar surface area (TPSA) is 111 Å². The van der Waals surface area contributed by atoms with Crippen molar-refractivity contribution in [2.75, 3.05) is 19.9 Å². The number of carbonyl (C=O) groups is 3. The number of Topliss-reactive ketones (excluding diaryl/α,β-unsaturated/α-hetero) is 1. The molecular weight excluding hydrogens is 450 g/mol. The van der Waals surface area contributed by atoms with Gasteiger partial charge in [-0.05, 0) is 37.1 Å². The Morgan fingerprint density at radius 1 is 1.11 bits per heavy atom. The number of hydrogen-bond acceptors (Lipinski definition) is 7. The molecule has 9 heteroatoms. The summed E-state index contributed by atoms with van der Waals surface area (Å²) in [6.45, 7) is 0.570. The van der Waals surface area contributed by atoms with Crippen molar-refractivity contribution in [3.05, 3.63) is 59.8 Å². The largest absolute Gasteiger partial charge is 0.456 e. The van der Waals surface area contributed by atoms with Crippen LogP contribution >= 0.6 is 0 Å². The molecule has 35 heavy (non-hydrogen) atoms. The number of hydrogen-bond donors (Lipinski definition) is 0. The Balaban J connectivity index is 1.26. The summed E-state index contributed by atoms with van der Waals surface area (Å²) in [5, 5.41) is 9.65. The highest BCUT2D eigenvalue weighted by Crippen LogP contribution is 2.33. The maximum Gasteiger partial charge on any atom is 0.329 e. The first kappa shape index (κ1) is 22.5. The van der Waals surface area contributed by atoms with Crippen LogP contribution in [0.5, 0.6) is 11.5 Å². The van der Waals surface area contributed by atoms with E-state index < -0.39 is 18.6 Å². The second kappa shape index (κ2) is 9.50. The van der Waals surface area contributed by atoms with Gasteiger partial charge in [0.2, 0.25) is 12.6 Å². The van der Waals surface area contributed by atoms with Gasteiger partial charge in [-0.15, -0.1) is 0 Å². The lowest BCUT2D eigenvalue weighted by Gasteiger charge is -2.23. The third-order valence-electron chi connectivity index (χ3n) is 6.30. The Labute approximate surface area is 201 Å². The van der Waals surface area contributed by atoms with E-state index in [1.165, 1.54) is 4.90 Å². The van der Waals surface area contributed by atoms with Gasteiger partial charge < -0.3 is 23.7 Å². The van der Waals surface area contributed by atoms with E-state index in [0.29, 0.717) is 55.0 Å². The molecule has 0 spiro atoms. The van der Waals surface area contributed by atoms with Gasteiger partial charge in [-0.3, -0.25) is 9.59 Å². The fourth-order valence-corrected chi connectivity index (χ4v) is 4.59. The Kier molecular flexibility index (Phi) is 6.10. The van der Waals surface area contributed by atoms with Crippen LogP contribution in [0, 0.1) is 11.3 Å². The van der Waals surface area contributed by atoms with Crippen LogP contribution in [-0.4, -0.2) is 53.1 Å². The van der Waals surface area contributed by atoms with E-state index in [0.717, 1.165) is 10.9 Å². The number of nitriles is 1. The molecule has 3 aromatic rings. The van der Waals surface area contributed by atoms with Crippen LogP contribution in [0.3, 0.4) is 0 Å². The minimum atomic E-state index is -0.752. The highest BCUT2D eigenvalue weighted by atomic mass is 16.7. The lowest BCUT2D eigenvalue weighted by Crippen LogP contribution is -2.41. The average molecular weight is 473 g/mol. The van der Waals surface area contributed by atoms with Crippen LogP contribution in [0.25, 0.3) is 10.9 Å². The fraction of sp³-hybridized carbons (Fsp3) is 0.308. The Morgan fingerprint density at radius 3 is 2.80 bits per heavy atom. The molecule has 1 fully saturated rings. The number of aromatic nitrogens is 1. The standard InChI is InChI=1S/C26H23N3O6/c27-10-4-11-28-14-19(18-5-1-2-6-20(18)28)22(30)15-33-26(32)21-7-3-12-29(21)25(31)17-8-9-23-24(13-17)35-16-34-23/h1-2,5-6,8-9,13-14,21H,3-4,7,11-12,15-16H2. The van der Waals surface area contributed by atoms with Gasteiger partial charge in [-0.25, -0.2) is 4.79 Å². The maximum atomic E-state index is 13.1. The number of amides is 1. The summed E-state index contributed by atoms with van der Waals surface area (Å²) in [5.41, 5.74) is 1.68. The van der Waals surface area contributed by atoms with E-state index in [9.17, 15) is 14.4 Å². The van der Waals surface area contributed by atoms with E-state index in [4.69, 9.17) is 19.5 Å². The zero-order valence-electron chi connectivity index (χ0n) is 18.9. The molecule has 0 N–H and O–H groups in total. The molecular formula is C26H23N3O6. The maximum absolute atomic E-state index is 13.1. The second-order valence-corrected chi connectivity index (χ2v) is 8.42. The number of para-hydroxylation sites is 1. The van der Waals surface area contributed by atoms with Gasteiger partial charge in [0, 0.05) is 41.3 Å². The molecule has 0 bridgehead atoms. The third kappa shape index (κ3) is 4.30. The van der Waals surface area contributed by atoms with Crippen LogP contribution in [0.1, 0.15) is 40.0 Å². The van der Waals surface area contributed by atoms with Crippen molar-refractivity contribution in [1.82, 2.24) is 9.47 Å². The summed E-state index contributed by atoms with van der Waals surface area (Å²) >= 11 is 0. The highest BCUT2D eigenvalue weighted by Gasteiger charge is 2.36. The molecule has 2 aliphatic heterocycles. The van der Waals surface area contributed by atoms with Gasteiger partial charge >= 0.3 is 5.97 Å². The summed E-state index contributed by atoms with van der Waals surface area (Å²) in [6, 6.07) is 13.7. The molecule has 1 amide bonds. The first-order valence-electron chi connectivity index (χ1n) is 11.4. The normalized spacial score (nSPS) is 16.3. The summed E-state index contributed by atoms with van der Waals surface area (Å²) in [4.78, 5) is 40.4. The zero-order valence-corrected chi connectivity index (χ0v) is 18.9. The highest BCUT2D eigenvalue weighted by molar-refractivity contribution is 6.09. The summed E-state index contributed by atoms with van der Waals surface area (Å²) in [6.07, 6.45) is 3.15. The van der Waals surface area contributed by atoms with E-state index in [1.807, 2.05) is 28.8 Å². The van der Waals surface area contributed by atoms with Crippen LogP contribution in [0.2, 0.25) is 0 Å². The van der Waals surface area contributed by atoms with Crippen molar-refractivity contribution in [1.29, 1.82) is 5.26 Å². The van der Waals surface area contributed by atoms with Crippen molar-refractivity contribution < 1.29 is 28.6 Å². The number of likely N-dealkylation sites (tertiary alicyclic amines) is 1. The summed E-state index contributed by atoms with van der Waals surface area (Å²) in [5.74, 6) is -0.162. The quantitative estimate of drug-likeness (QED) is 0.382. The van der Waals surface area contributed by atoms with Crippen LogP contribution in [0.15, 0.2) is 48.7 Å². The van der Waals surface area contributed by atoms with Crippen LogP contribution in [-0.2, 0) is 16.1 Å². The molecule has 2 aromatic carbocycles. The molecule has 1 saturated heterocycles. The molecule has 5 rings (SSSR count). The number of ether oxygens (including phenoxy) is 3. The lowest BCUT2D eigenvalue weighted by atomic mass is 10.1. The molecule has 0 saturated carbocycles. The minimum absolute atomic E-state index is 0.108. The summed E-state index contributed by atoms with van der Waals surface area (Å²) < 4.78 is 17.9. The van der Waals surface area contributed by atoms with Gasteiger partial charge in [0.1, 0.15) is 6.04 Å². The molecule has 0 radical (unpaired) electrons. The van der Waals surface area contributed by atoms with Crippen molar-refractivity contribution in [3.63, 3.8) is 0 Å². The molecule has 178 valence electrons. The average Bonchev–Trinajstić information content (AvgIpc) is 3.63. The third-order valence-corrected chi connectivity index (χ3v) is 6.30. The van der Waals surface area contributed by atoms with Gasteiger partial charge in [-0.2, -0.15) is 5.26 Å². The number of aryl methyl sites for hydroxylation is 1. The van der Waals surface area contributed by atoms with Gasteiger partial charge in [0.15, 0.2) is 18.1 Å². The first-order chi connectivity index (χ1) is 17.1. The Morgan fingerprint density at radius 2 is 1.94 bits per heavy atom. The van der Waals surface area contributed by atoms with Crippen LogP contribution < -0.4 is 9.47 Å². The number of nitrogens with zero attached hydrogens (tertiary/aromatic N) is 3. The second-order valence-electron chi connectivity index (χ2n) is 8.42. The smallest absolute Gasteiger partial charge is 0.329 e. The number of ketones is 1.